The van der Waals surface area contributed by atoms with E-state index in [1.165, 1.54) is 0 Å². The van der Waals surface area contributed by atoms with Gasteiger partial charge in [0, 0.05) is 45.0 Å². The van der Waals surface area contributed by atoms with Crippen molar-refractivity contribution in [2.24, 2.45) is 5.92 Å². The number of esters is 1. The number of piperidine rings is 1. The monoisotopic (exact) mass is 448 g/mol. The lowest BCUT2D eigenvalue weighted by atomic mass is 9.96. The van der Waals surface area contributed by atoms with Crippen LogP contribution >= 0.6 is 0 Å². The average Bonchev–Trinajstić information content (AvgIpc) is 3.07. The van der Waals surface area contributed by atoms with Gasteiger partial charge < -0.3 is 24.7 Å². The number of hydrogen-bond acceptors (Lipinski definition) is 6. The Hall–Kier alpha value is -2.39. The van der Waals surface area contributed by atoms with Crippen molar-refractivity contribution < 1.29 is 23.9 Å². The van der Waals surface area contributed by atoms with Gasteiger partial charge in [-0.05, 0) is 46.1 Å². The van der Waals surface area contributed by atoms with Crippen LogP contribution in [0.4, 0.5) is 0 Å². The Morgan fingerprint density at radius 1 is 1.19 bits per heavy atom. The number of hydrogen-bond donors (Lipinski definition) is 2. The molecule has 2 amide bonds. The van der Waals surface area contributed by atoms with Gasteiger partial charge in [-0.25, -0.2) is 4.79 Å². The van der Waals surface area contributed by atoms with E-state index in [4.69, 9.17) is 9.47 Å². The second-order valence-corrected chi connectivity index (χ2v) is 8.91. The van der Waals surface area contributed by atoms with Gasteiger partial charge in [-0.1, -0.05) is 0 Å². The Morgan fingerprint density at radius 2 is 1.91 bits per heavy atom. The van der Waals surface area contributed by atoms with Gasteiger partial charge in [-0.15, -0.1) is 0 Å². The lowest BCUT2D eigenvalue weighted by Crippen LogP contribution is -2.47. The van der Waals surface area contributed by atoms with E-state index in [1.54, 1.807) is 32.6 Å². The van der Waals surface area contributed by atoms with Crippen molar-refractivity contribution in [3.8, 4) is 0 Å². The van der Waals surface area contributed by atoms with Crippen molar-refractivity contribution in [1.29, 1.82) is 0 Å². The molecule has 32 heavy (non-hydrogen) atoms. The number of nitrogens with zero attached hydrogens (tertiary/aromatic N) is 2. The molecule has 0 bridgehead atoms. The quantitative estimate of drug-likeness (QED) is 0.613. The number of nitrogens with one attached hydrogen (secondary N) is 2. The molecule has 0 radical (unpaired) electrons. The summed E-state index contributed by atoms with van der Waals surface area (Å²) in [7, 11) is 0. The number of aryl methyl sites for hydroxylation is 1. The molecule has 3 rings (SSSR count). The highest BCUT2D eigenvalue weighted by atomic mass is 16.5. The van der Waals surface area contributed by atoms with Gasteiger partial charge in [0.1, 0.15) is 5.69 Å². The van der Waals surface area contributed by atoms with Crippen LogP contribution in [0.5, 0.6) is 0 Å². The smallest absolute Gasteiger partial charge is 0.340 e. The maximum Gasteiger partial charge on any atom is 0.340 e. The fraction of sp³-hybridized carbons (Fsp3) is 0.696. The molecule has 0 aromatic carbocycles. The summed E-state index contributed by atoms with van der Waals surface area (Å²) in [6.45, 7) is 12.7. The summed E-state index contributed by atoms with van der Waals surface area (Å²) < 4.78 is 10.7. The molecule has 178 valence electrons. The predicted molar refractivity (Wildman–Crippen MR) is 120 cm³/mol. The number of aromatic amines is 1. The molecule has 1 unspecified atom stereocenters. The van der Waals surface area contributed by atoms with Gasteiger partial charge in [0.15, 0.2) is 0 Å². The maximum absolute atomic E-state index is 13.2. The van der Waals surface area contributed by atoms with Crippen LogP contribution in [0.3, 0.4) is 0 Å². The summed E-state index contributed by atoms with van der Waals surface area (Å²) in [6, 6.07) is 0. The molecule has 2 fully saturated rings. The largest absolute Gasteiger partial charge is 0.459 e. The van der Waals surface area contributed by atoms with E-state index in [1.807, 2.05) is 0 Å². The normalized spacial score (nSPS) is 19.8. The van der Waals surface area contributed by atoms with E-state index < -0.39 is 5.97 Å². The zero-order valence-corrected chi connectivity index (χ0v) is 19.7. The summed E-state index contributed by atoms with van der Waals surface area (Å²) in [5.74, 6) is -0.836. The van der Waals surface area contributed by atoms with E-state index in [0.717, 1.165) is 45.7 Å². The molecule has 0 aliphatic carbocycles. The van der Waals surface area contributed by atoms with Crippen molar-refractivity contribution >= 4 is 17.8 Å². The standard InChI is InChI=1S/C23H36N4O5/c1-15(2)32-23(30)19-16(3)20(25-17(19)4)22(29)27-8-5-6-18(14-27)21(28)24-7-9-26-10-12-31-13-11-26/h15,18,25H,5-14H2,1-4H3,(H,24,28). The van der Waals surface area contributed by atoms with E-state index in [-0.39, 0.29) is 23.8 Å². The van der Waals surface area contributed by atoms with Gasteiger partial charge in [0.2, 0.25) is 5.91 Å². The second-order valence-electron chi connectivity index (χ2n) is 8.91. The van der Waals surface area contributed by atoms with Crippen LogP contribution in [0.15, 0.2) is 0 Å². The topological polar surface area (TPSA) is 104 Å². The lowest BCUT2D eigenvalue weighted by Gasteiger charge is -2.32. The minimum absolute atomic E-state index is 0.00338. The van der Waals surface area contributed by atoms with Crippen molar-refractivity contribution in [2.75, 3.05) is 52.5 Å². The molecule has 2 saturated heterocycles. The maximum atomic E-state index is 13.2. The molecule has 0 spiro atoms. The summed E-state index contributed by atoms with van der Waals surface area (Å²) in [5, 5.41) is 3.03. The summed E-state index contributed by atoms with van der Waals surface area (Å²) in [5.41, 5.74) is 2.02. The highest BCUT2D eigenvalue weighted by Gasteiger charge is 2.32. The molecular weight excluding hydrogens is 412 g/mol. The van der Waals surface area contributed by atoms with Crippen molar-refractivity contribution in [1.82, 2.24) is 20.1 Å². The van der Waals surface area contributed by atoms with Crippen LogP contribution < -0.4 is 5.32 Å². The number of ether oxygens (including phenoxy) is 2. The van der Waals surface area contributed by atoms with Crippen LogP contribution in [0.25, 0.3) is 0 Å². The Morgan fingerprint density at radius 3 is 2.59 bits per heavy atom. The van der Waals surface area contributed by atoms with Gasteiger partial charge in [-0.2, -0.15) is 0 Å². The third-order valence-electron chi connectivity index (χ3n) is 6.11. The number of H-pyrrole nitrogens is 1. The van der Waals surface area contributed by atoms with Crippen LogP contribution in [-0.4, -0.2) is 91.2 Å². The van der Waals surface area contributed by atoms with Gasteiger partial charge in [-0.3, -0.25) is 14.5 Å². The lowest BCUT2D eigenvalue weighted by molar-refractivity contribution is -0.126. The van der Waals surface area contributed by atoms with E-state index in [0.29, 0.717) is 42.1 Å². The van der Waals surface area contributed by atoms with Crippen LogP contribution in [0.2, 0.25) is 0 Å². The molecule has 0 saturated carbocycles. The first-order valence-corrected chi connectivity index (χ1v) is 11.5. The third-order valence-corrected chi connectivity index (χ3v) is 6.11. The molecule has 9 nitrogen and oxygen atoms in total. The van der Waals surface area contributed by atoms with Gasteiger partial charge >= 0.3 is 5.97 Å². The van der Waals surface area contributed by atoms with Crippen LogP contribution in [0, 0.1) is 19.8 Å². The number of rotatable bonds is 7. The molecule has 9 heteroatoms. The van der Waals surface area contributed by atoms with Crippen molar-refractivity contribution in [2.45, 2.75) is 46.6 Å². The SMILES string of the molecule is Cc1[nH]c(C(=O)N2CCCC(C(=O)NCCN3CCOCC3)C2)c(C)c1C(=O)OC(C)C. The van der Waals surface area contributed by atoms with E-state index in [9.17, 15) is 14.4 Å². The predicted octanol–water partition coefficient (Wildman–Crippen LogP) is 1.50. The van der Waals surface area contributed by atoms with E-state index >= 15 is 0 Å². The molecule has 2 aliphatic rings. The summed E-state index contributed by atoms with van der Waals surface area (Å²) in [4.78, 5) is 45.4. The third kappa shape index (κ3) is 5.89. The summed E-state index contributed by atoms with van der Waals surface area (Å²) in [6.07, 6.45) is 1.30. The zero-order valence-electron chi connectivity index (χ0n) is 19.7. The first kappa shape index (κ1) is 24.3. The molecule has 2 N–H and O–H groups in total. The number of morpholine rings is 1. The zero-order chi connectivity index (χ0) is 23.3. The van der Waals surface area contributed by atoms with Crippen LogP contribution in [-0.2, 0) is 14.3 Å². The first-order valence-electron chi connectivity index (χ1n) is 11.5. The highest BCUT2D eigenvalue weighted by Crippen LogP contribution is 2.24. The minimum atomic E-state index is -0.429. The summed E-state index contributed by atoms with van der Waals surface area (Å²) >= 11 is 0. The molecule has 3 heterocycles. The molecule has 1 aromatic heterocycles. The van der Waals surface area contributed by atoms with Gasteiger partial charge in [0.05, 0.1) is 30.8 Å². The molecule has 2 aliphatic heterocycles. The number of likely N-dealkylation sites (tertiary alicyclic amines) is 1. The molecular formula is C23H36N4O5. The first-order chi connectivity index (χ1) is 15.3. The van der Waals surface area contributed by atoms with Crippen LogP contribution in [0.1, 0.15) is 58.8 Å². The Bertz CT molecular complexity index is 829. The number of carbonyl (C=O) groups excluding carboxylic acids is 3. The highest BCUT2D eigenvalue weighted by molar-refractivity contribution is 6.00. The molecule has 1 atom stereocenters. The fourth-order valence-electron chi connectivity index (χ4n) is 4.38. The number of aromatic nitrogens is 1. The Labute approximate surface area is 189 Å². The number of carbonyl (C=O) groups is 3. The van der Waals surface area contributed by atoms with E-state index in [2.05, 4.69) is 15.2 Å². The van der Waals surface area contributed by atoms with Gasteiger partial charge in [0.25, 0.3) is 5.91 Å². The Balaban J connectivity index is 1.58. The fourth-order valence-corrected chi connectivity index (χ4v) is 4.38. The minimum Gasteiger partial charge on any atom is -0.459 e. The second kappa shape index (κ2) is 11.0. The number of amides is 2. The van der Waals surface area contributed by atoms with Crippen molar-refractivity contribution in [3.63, 3.8) is 0 Å². The molecule has 1 aromatic rings. The Kier molecular flexibility index (Phi) is 8.31. The average molecular weight is 449 g/mol. The van der Waals surface area contributed by atoms with Crippen molar-refractivity contribution in [3.05, 3.63) is 22.5 Å².